The van der Waals surface area contributed by atoms with E-state index < -0.39 is 16.0 Å². The van der Waals surface area contributed by atoms with Gasteiger partial charge in [0.25, 0.3) is 10.0 Å². The highest BCUT2D eigenvalue weighted by molar-refractivity contribution is 7.92. The first-order chi connectivity index (χ1) is 13.3. The lowest BCUT2D eigenvalue weighted by Crippen LogP contribution is -2.16. The number of nitrogens with one attached hydrogen (secondary N) is 1. The fourth-order valence-electron chi connectivity index (χ4n) is 2.58. The molecule has 0 fully saturated rings. The number of rotatable bonds is 6. The van der Waals surface area contributed by atoms with E-state index in [0.717, 1.165) is 5.56 Å². The first-order valence-electron chi connectivity index (χ1n) is 8.54. The van der Waals surface area contributed by atoms with Gasteiger partial charge < -0.3 is 10.5 Å². The Balaban J connectivity index is 2.08. The predicted octanol–water partition coefficient (Wildman–Crippen LogP) is 2.74. The van der Waals surface area contributed by atoms with E-state index in [9.17, 15) is 13.2 Å². The van der Waals surface area contributed by atoms with E-state index in [1.54, 1.807) is 43.3 Å². The van der Waals surface area contributed by atoms with Crippen molar-refractivity contribution in [2.75, 3.05) is 17.1 Å². The summed E-state index contributed by atoms with van der Waals surface area (Å²) in [6.07, 6.45) is 0. The molecule has 1 aromatic heterocycles. The third-order valence-corrected chi connectivity index (χ3v) is 5.32. The number of esters is 1. The smallest absolute Gasteiger partial charge is 0.345 e. The first kappa shape index (κ1) is 19.4. The zero-order valence-electron chi connectivity index (χ0n) is 15.4. The van der Waals surface area contributed by atoms with E-state index in [1.165, 1.54) is 16.8 Å². The monoisotopic (exact) mass is 400 g/mol. The zero-order valence-corrected chi connectivity index (χ0v) is 16.2. The fraction of sp³-hybridized carbons (Fsp3) is 0.158. The van der Waals surface area contributed by atoms with E-state index in [4.69, 9.17) is 10.5 Å². The third-order valence-electron chi connectivity index (χ3n) is 3.96. The molecule has 0 amide bonds. The van der Waals surface area contributed by atoms with Crippen molar-refractivity contribution in [2.24, 2.45) is 0 Å². The minimum Gasteiger partial charge on any atom is -0.462 e. The largest absolute Gasteiger partial charge is 0.462 e. The molecule has 0 spiro atoms. The molecule has 0 aliphatic heterocycles. The van der Waals surface area contributed by atoms with Crippen LogP contribution < -0.4 is 10.5 Å². The topological polar surface area (TPSA) is 116 Å². The maximum absolute atomic E-state index is 12.7. The van der Waals surface area contributed by atoms with Crippen molar-refractivity contribution in [1.29, 1.82) is 0 Å². The minimum absolute atomic E-state index is 0.0220. The van der Waals surface area contributed by atoms with Crippen molar-refractivity contribution < 1.29 is 17.9 Å². The molecule has 0 saturated heterocycles. The lowest BCUT2D eigenvalue weighted by atomic mass is 10.2. The summed E-state index contributed by atoms with van der Waals surface area (Å²) in [6.45, 7) is 3.61. The highest BCUT2D eigenvalue weighted by Crippen LogP contribution is 2.28. The first-order valence-corrected chi connectivity index (χ1v) is 10.0. The number of nitrogens with zero attached hydrogens (tertiary/aromatic N) is 2. The number of aryl methyl sites for hydroxylation is 1. The molecule has 0 unspecified atom stereocenters. The third kappa shape index (κ3) is 3.84. The number of anilines is 2. The Labute approximate surface area is 163 Å². The summed E-state index contributed by atoms with van der Waals surface area (Å²) >= 11 is 0. The highest BCUT2D eigenvalue weighted by Gasteiger charge is 2.27. The molecule has 3 rings (SSSR count). The van der Waals surface area contributed by atoms with Gasteiger partial charge in [-0.1, -0.05) is 35.9 Å². The van der Waals surface area contributed by atoms with Crippen LogP contribution in [0.25, 0.3) is 5.69 Å². The van der Waals surface area contributed by atoms with Crippen molar-refractivity contribution >= 4 is 27.6 Å². The van der Waals surface area contributed by atoms with Crippen LogP contribution in [-0.4, -0.2) is 30.8 Å². The Kier molecular flexibility index (Phi) is 5.36. The Hall–Kier alpha value is -3.33. The Bertz CT molecular complexity index is 1090. The lowest BCUT2D eigenvalue weighted by molar-refractivity contribution is 0.0529. The molecule has 0 saturated carbocycles. The summed E-state index contributed by atoms with van der Waals surface area (Å²) in [5.41, 5.74) is 7.47. The SMILES string of the molecule is CCOC(=O)c1c(NS(=O)(=O)c2ccc(C)cc2)nn(-c2ccccc2)c1N. The molecule has 3 N–H and O–H groups in total. The van der Waals surface area contributed by atoms with E-state index >= 15 is 0 Å². The van der Waals surface area contributed by atoms with E-state index in [1.807, 2.05) is 13.0 Å². The number of para-hydroxylation sites is 1. The number of sulfonamides is 1. The number of hydrogen-bond donors (Lipinski definition) is 2. The number of ether oxygens (including phenoxy) is 1. The molecule has 146 valence electrons. The van der Waals surface area contributed by atoms with Gasteiger partial charge in [-0.3, -0.25) is 4.72 Å². The van der Waals surface area contributed by atoms with Crippen LogP contribution >= 0.6 is 0 Å². The molecule has 0 bridgehead atoms. The summed E-state index contributed by atoms with van der Waals surface area (Å²) in [4.78, 5) is 12.4. The number of benzene rings is 2. The van der Waals surface area contributed by atoms with Crippen LogP contribution in [0.5, 0.6) is 0 Å². The van der Waals surface area contributed by atoms with Gasteiger partial charge in [-0.15, -0.1) is 5.10 Å². The number of hydrogen-bond acceptors (Lipinski definition) is 6. The van der Waals surface area contributed by atoms with Crippen molar-refractivity contribution in [2.45, 2.75) is 18.7 Å². The second-order valence-corrected chi connectivity index (χ2v) is 7.68. The fourth-order valence-corrected chi connectivity index (χ4v) is 3.59. The van der Waals surface area contributed by atoms with E-state index in [2.05, 4.69) is 9.82 Å². The normalized spacial score (nSPS) is 11.2. The van der Waals surface area contributed by atoms with Crippen LogP contribution in [0.2, 0.25) is 0 Å². The van der Waals surface area contributed by atoms with E-state index in [-0.39, 0.29) is 28.7 Å². The molecule has 0 radical (unpaired) electrons. The number of carbonyl (C=O) groups excluding carboxylic acids is 1. The molecule has 3 aromatic rings. The van der Waals surface area contributed by atoms with Crippen LogP contribution in [0.4, 0.5) is 11.6 Å². The lowest BCUT2D eigenvalue weighted by Gasteiger charge is -2.08. The van der Waals surface area contributed by atoms with Crippen molar-refractivity contribution in [3.05, 3.63) is 65.7 Å². The standard InChI is InChI=1S/C19H20N4O4S/c1-3-27-19(24)16-17(20)23(14-7-5-4-6-8-14)21-18(16)22-28(25,26)15-11-9-13(2)10-12-15/h4-12H,3,20H2,1-2H3,(H,21,22). The van der Waals surface area contributed by atoms with Crippen molar-refractivity contribution in [3.8, 4) is 5.69 Å². The van der Waals surface area contributed by atoms with Gasteiger partial charge in [0.2, 0.25) is 0 Å². The average Bonchev–Trinajstić information content (AvgIpc) is 2.98. The number of nitrogen functional groups attached to an aromatic ring is 1. The second kappa shape index (κ2) is 7.73. The molecule has 2 aromatic carbocycles. The maximum Gasteiger partial charge on any atom is 0.345 e. The molecule has 0 atom stereocenters. The molecule has 0 aliphatic carbocycles. The van der Waals surface area contributed by atoms with Gasteiger partial charge in [-0.2, -0.15) is 0 Å². The van der Waals surface area contributed by atoms with Crippen LogP contribution in [0.1, 0.15) is 22.8 Å². The molecular formula is C19H20N4O4S. The quantitative estimate of drug-likeness (QED) is 0.615. The summed E-state index contributed by atoms with van der Waals surface area (Å²) in [7, 11) is -3.98. The summed E-state index contributed by atoms with van der Waals surface area (Å²) in [5, 5.41) is 4.21. The molecule has 9 heteroatoms. The van der Waals surface area contributed by atoms with Gasteiger partial charge in [0.15, 0.2) is 5.82 Å². The van der Waals surface area contributed by atoms with Crippen LogP contribution in [-0.2, 0) is 14.8 Å². The van der Waals surface area contributed by atoms with Crippen LogP contribution in [0.3, 0.4) is 0 Å². The minimum atomic E-state index is -3.98. The van der Waals surface area contributed by atoms with Gasteiger partial charge in [-0.05, 0) is 38.1 Å². The van der Waals surface area contributed by atoms with Crippen LogP contribution in [0, 0.1) is 6.92 Å². The van der Waals surface area contributed by atoms with Crippen molar-refractivity contribution in [3.63, 3.8) is 0 Å². The van der Waals surface area contributed by atoms with Gasteiger partial charge >= 0.3 is 5.97 Å². The average molecular weight is 400 g/mol. The van der Waals surface area contributed by atoms with Gasteiger partial charge in [0.1, 0.15) is 11.4 Å². The maximum atomic E-state index is 12.7. The zero-order chi connectivity index (χ0) is 20.3. The van der Waals surface area contributed by atoms with Crippen LogP contribution in [0.15, 0.2) is 59.5 Å². The number of nitrogens with two attached hydrogens (primary N) is 1. The van der Waals surface area contributed by atoms with Gasteiger partial charge in [-0.25, -0.2) is 17.9 Å². The summed E-state index contributed by atoms with van der Waals surface area (Å²) < 4.78 is 34.2. The molecular weight excluding hydrogens is 380 g/mol. The molecule has 8 nitrogen and oxygen atoms in total. The Morgan fingerprint density at radius 3 is 2.39 bits per heavy atom. The Morgan fingerprint density at radius 1 is 1.14 bits per heavy atom. The number of carbonyl (C=O) groups is 1. The molecule has 28 heavy (non-hydrogen) atoms. The molecule has 1 heterocycles. The second-order valence-electron chi connectivity index (χ2n) is 6.00. The summed E-state index contributed by atoms with van der Waals surface area (Å²) in [6, 6.07) is 15.1. The van der Waals surface area contributed by atoms with Gasteiger partial charge in [0, 0.05) is 0 Å². The predicted molar refractivity (Wildman–Crippen MR) is 106 cm³/mol. The summed E-state index contributed by atoms with van der Waals surface area (Å²) in [5.74, 6) is -0.976. The van der Waals surface area contributed by atoms with Gasteiger partial charge in [0.05, 0.1) is 17.2 Å². The Morgan fingerprint density at radius 2 is 1.79 bits per heavy atom. The van der Waals surface area contributed by atoms with E-state index in [0.29, 0.717) is 5.69 Å². The molecule has 0 aliphatic rings. The number of aromatic nitrogens is 2. The van der Waals surface area contributed by atoms with Crippen molar-refractivity contribution in [1.82, 2.24) is 9.78 Å². The highest BCUT2D eigenvalue weighted by atomic mass is 32.2.